The van der Waals surface area contributed by atoms with Crippen LogP contribution in [0.1, 0.15) is 28.8 Å². The summed E-state index contributed by atoms with van der Waals surface area (Å²) in [5.41, 5.74) is 1.93. The number of methoxy groups -OCH3 is 2. The molecule has 2 heterocycles. The molecule has 1 amide bonds. The van der Waals surface area contributed by atoms with Crippen molar-refractivity contribution in [3.8, 4) is 40.0 Å². The fourth-order valence-electron chi connectivity index (χ4n) is 5.00. The molecule has 1 N–H and O–H groups in total. The van der Waals surface area contributed by atoms with Gasteiger partial charge in [0, 0.05) is 30.3 Å². The number of amides is 1. The number of nitrogens with zero attached hydrogens (tertiary/aromatic N) is 3. The molecule has 5 rings (SSSR count). The number of nitro benzene ring substituents is 1. The maximum Gasteiger partial charge on any atom is 0.338 e. The predicted molar refractivity (Wildman–Crippen MR) is 161 cm³/mol. The van der Waals surface area contributed by atoms with Crippen LogP contribution in [0.4, 0.5) is 17.3 Å². The Balaban J connectivity index is 1.37. The first kappa shape index (κ1) is 29.7. The van der Waals surface area contributed by atoms with Gasteiger partial charge in [0.25, 0.3) is 11.6 Å². The van der Waals surface area contributed by atoms with Gasteiger partial charge in [0.15, 0.2) is 6.61 Å². The molecule has 0 unspecified atom stereocenters. The van der Waals surface area contributed by atoms with Gasteiger partial charge in [-0.3, -0.25) is 20.2 Å². The van der Waals surface area contributed by atoms with Crippen molar-refractivity contribution in [2.75, 3.05) is 44.1 Å². The maximum absolute atomic E-state index is 12.9. The van der Waals surface area contributed by atoms with Crippen LogP contribution in [-0.4, -0.2) is 50.7 Å². The van der Waals surface area contributed by atoms with Crippen LogP contribution in [-0.2, 0) is 9.53 Å². The zero-order chi connectivity index (χ0) is 31.2. The van der Waals surface area contributed by atoms with E-state index in [1.54, 1.807) is 62.8 Å². The minimum atomic E-state index is -0.908. The van der Waals surface area contributed by atoms with E-state index >= 15 is 0 Å². The van der Waals surface area contributed by atoms with E-state index in [-0.39, 0.29) is 22.7 Å². The highest BCUT2D eigenvalue weighted by atomic mass is 16.6. The molecule has 3 aromatic carbocycles. The van der Waals surface area contributed by atoms with Gasteiger partial charge in [-0.05, 0) is 66.9 Å². The summed E-state index contributed by atoms with van der Waals surface area (Å²) in [5, 5.41) is 24.3. The largest absolute Gasteiger partial charge is 0.497 e. The van der Waals surface area contributed by atoms with Crippen molar-refractivity contribution >= 4 is 29.1 Å². The van der Waals surface area contributed by atoms with Crippen LogP contribution in [0.3, 0.4) is 0 Å². The number of hydrogen-bond acceptors (Lipinski definition) is 10. The van der Waals surface area contributed by atoms with Gasteiger partial charge in [0.1, 0.15) is 34.6 Å². The van der Waals surface area contributed by atoms with Crippen molar-refractivity contribution in [3.05, 3.63) is 88.0 Å². The molecule has 4 aromatic rings. The molecule has 1 fully saturated rings. The lowest BCUT2D eigenvalue weighted by Gasteiger charge is -2.17. The molecular weight excluding hydrogens is 568 g/mol. The van der Waals surface area contributed by atoms with E-state index < -0.39 is 23.4 Å². The molecule has 12 nitrogen and oxygen atoms in total. The first-order chi connectivity index (χ1) is 21.3. The summed E-state index contributed by atoms with van der Waals surface area (Å²) in [6.45, 7) is 0.674. The van der Waals surface area contributed by atoms with E-state index in [4.69, 9.17) is 18.6 Å². The number of nitro groups is 1. The number of nitrogens with one attached hydrogen (secondary N) is 1. The number of esters is 1. The zero-order valence-corrected chi connectivity index (χ0v) is 24.0. The fraction of sp³-hybridized carbons (Fsp3) is 0.219. The molecule has 12 heteroatoms. The van der Waals surface area contributed by atoms with Crippen LogP contribution >= 0.6 is 0 Å². The Morgan fingerprint density at radius 1 is 0.977 bits per heavy atom. The lowest BCUT2D eigenvalue weighted by molar-refractivity contribution is -0.384. The quantitative estimate of drug-likeness (QED) is 0.135. The van der Waals surface area contributed by atoms with E-state index in [1.165, 1.54) is 12.1 Å². The summed E-state index contributed by atoms with van der Waals surface area (Å²) < 4.78 is 21.7. The predicted octanol–water partition coefficient (Wildman–Crippen LogP) is 5.81. The van der Waals surface area contributed by atoms with E-state index in [0.29, 0.717) is 52.7 Å². The lowest BCUT2D eigenvalue weighted by atomic mass is 9.98. The van der Waals surface area contributed by atoms with Gasteiger partial charge in [-0.1, -0.05) is 12.1 Å². The van der Waals surface area contributed by atoms with Gasteiger partial charge in [0.2, 0.25) is 5.88 Å². The van der Waals surface area contributed by atoms with E-state index in [9.17, 15) is 25.0 Å². The van der Waals surface area contributed by atoms with E-state index in [2.05, 4.69) is 11.4 Å². The fourth-order valence-corrected chi connectivity index (χ4v) is 5.00. The van der Waals surface area contributed by atoms with E-state index in [0.717, 1.165) is 18.9 Å². The third kappa shape index (κ3) is 6.17. The van der Waals surface area contributed by atoms with Crippen molar-refractivity contribution < 1.29 is 33.1 Å². The number of benzene rings is 3. The summed E-state index contributed by atoms with van der Waals surface area (Å²) in [6, 6.07) is 20.2. The highest BCUT2D eigenvalue weighted by Gasteiger charge is 2.26. The molecule has 0 spiro atoms. The molecule has 1 aromatic heterocycles. The van der Waals surface area contributed by atoms with E-state index in [1.807, 2.05) is 4.90 Å². The summed E-state index contributed by atoms with van der Waals surface area (Å²) >= 11 is 0. The average molecular weight is 597 g/mol. The second kappa shape index (κ2) is 13.0. The minimum absolute atomic E-state index is 0.0632. The lowest BCUT2D eigenvalue weighted by Crippen LogP contribution is -2.22. The molecule has 0 bridgehead atoms. The standard InChI is InChI=1S/C32H28N4O8/c1-41-23-10-5-20(6-11-23)29-25(18-33)31(44-30(29)21-7-12-24(42-2)13-8-21)34-28(37)19-43-32(38)22-9-14-26(27(17-22)36(39)40)35-15-3-4-16-35/h5-14,17H,3-4,15-16,19H2,1-2H3,(H,34,37). The third-order valence-corrected chi connectivity index (χ3v) is 7.19. The second-order valence-electron chi connectivity index (χ2n) is 9.86. The van der Waals surface area contributed by atoms with Gasteiger partial charge >= 0.3 is 5.97 Å². The maximum atomic E-state index is 12.9. The molecule has 1 aliphatic rings. The average Bonchev–Trinajstić information content (AvgIpc) is 3.72. The van der Waals surface area contributed by atoms with Crippen LogP contribution in [0.15, 0.2) is 71.1 Å². The number of nitriles is 1. The van der Waals surface area contributed by atoms with Crippen molar-refractivity contribution in [2.24, 2.45) is 0 Å². The Bertz CT molecular complexity index is 1730. The summed E-state index contributed by atoms with van der Waals surface area (Å²) in [6.07, 6.45) is 1.87. The summed E-state index contributed by atoms with van der Waals surface area (Å²) in [7, 11) is 3.09. The topological polar surface area (TPSA) is 157 Å². The molecule has 1 aliphatic heterocycles. The number of carbonyl (C=O) groups excluding carboxylic acids is 2. The van der Waals surface area contributed by atoms with Crippen LogP contribution in [0, 0.1) is 21.4 Å². The molecule has 0 atom stereocenters. The normalized spacial score (nSPS) is 12.3. The van der Waals surface area contributed by atoms with Crippen molar-refractivity contribution in [3.63, 3.8) is 0 Å². The Hall–Kier alpha value is -5.83. The number of hydrogen-bond donors (Lipinski definition) is 1. The molecule has 224 valence electrons. The molecular formula is C32H28N4O8. The number of furan rings is 1. The van der Waals surface area contributed by atoms with Crippen LogP contribution in [0.2, 0.25) is 0 Å². The zero-order valence-electron chi connectivity index (χ0n) is 24.0. The summed E-state index contributed by atoms with van der Waals surface area (Å²) in [5.74, 6) is -0.238. The molecule has 0 radical (unpaired) electrons. The first-order valence-electron chi connectivity index (χ1n) is 13.7. The Labute approximate surface area is 252 Å². The Morgan fingerprint density at radius 3 is 2.16 bits per heavy atom. The van der Waals surface area contributed by atoms with Gasteiger partial charge in [-0.15, -0.1) is 0 Å². The number of ether oxygens (including phenoxy) is 3. The Kier molecular flexibility index (Phi) is 8.76. The van der Waals surface area contributed by atoms with Crippen molar-refractivity contribution in [1.29, 1.82) is 5.26 Å². The van der Waals surface area contributed by atoms with Gasteiger partial charge in [-0.2, -0.15) is 5.26 Å². The third-order valence-electron chi connectivity index (χ3n) is 7.19. The highest BCUT2D eigenvalue weighted by Crippen LogP contribution is 2.42. The first-order valence-corrected chi connectivity index (χ1v) is 13.7. The van der Waals surface area contributed by atoms with Crippen molar-refractivity contribution in [1.82, 2.24) is 0 Å². The molecule has 1 saturated heterocycles. The number of rotatable bonds is 10. The van der Waals surface area contributed by atoms with Crippen molar-refractivity contribution in [2.45, 2.75) is 12.8 Å². The number of anilines is 2. The number of carbonyl (C=O) groups is 2. The second-order valence-corrected chi connectivity index (χ2v) is 9.86. The van der Waals surface area contributed by atoms with Crippen LogP contribution < -0.4 is 19.7 Å². The van der Waals surface area contributed by atoms with Gasteiger partial charge < -0.3 is 23.5 Å². The van der Waals surface area contributed by atoms with Crippen LogP contribution in [0.5, 0.6) is 11.5 Å². The smallest absolute Gasteiger partial charge is 0.338 e. The Morgan fingerprint density at radius 2 is 1.59 bits per heavy atom. The van der Waals surface area contributed by atoms with Gasteiger partial charge in [-0.25, -0.2) is 4.79 Å². The van der Waals surface area contributed by atoms with Crippen LogP contribution in [0.25, 0.3) is 22.5 Å². The highest BCUT2D eigenvalue weighted by molar-refractivity contribution is 5.98. The summed E-state index contributed by atoms with van der Waals surface area (Å²) in [4.78, 5) is 38.7. The molecule has 0 aliphatic carbocycles. The monoisotopic (exact) mass is 596 g/mol. The molecule has 44 heavy (non-hydrogen) atoms. The van der Waals surface area contributed by atoms with Gasteiger partial charge in [0.05, 0.1) is 24.7 Å². The minimum Gasteiger partial charge on any atom is -0.497 e. The SMILES string of the molecule is COc1ccc(-c2oc(NC(=O)COC(=O)c3ccc(N4CCCC4)c([N+](=O)[O-])c3)c(C#N)c2-c2ccc(OC)cc2)cc1. The molecule has 0 saturated carbocycles.